The van der Waals surface area contributed by atoms with Crippen molar-refractivity contribution >= 4 is 10.8 Å². The molecule has 1 aliphatic rings. The number of nitrogens with zero attached hydrogens (tertiary/aromatic N) is 1. The SMILES string of the molecule is COc1ccc2c(-c3ccccc3)c3[n+](cc2c1)CCc1cc(OC)c(OC)cc1-3. The van der Waals surface area contributed by atoms with Crippen LogP contribution in [0.4, 0.5) is 0 Å². The first-order chi connectivity index (χ1) is 14.7. The van der Waals surface area contributed by atoms with Gasteiger partial charge in [-0.25, -0.2) is 0 Å². The molecule has 4 nitrogen and oxygen atoms in total. The molecule has 3 aromatic carbocycles. The normalized spacial score (nSPS) is 12.2. The van der Waals surface area contributed by atoms with E-state index >= 15 is 0 Å². The highest BCUT2D eigenvalue weighted by molar-refractivity contribution is 6.02. The number of rotatable bonds is 4. The molecule has 0 saturated heterocycles. The first-order valence-electron chi connectivity index (χ1n) is 10.1. The molecule has 0 radical (unpaired) electrons. The number of benzene rings is 3. The fourth-order valence-corrected chi connectivity index (χ4v) is 4.46. The van der Waals surface area contributed by atoms with Gasteiger partial charge in [0.25, 0.3) is 0 Å². The van der Waals surface area contributed by atoms with Crippen LogP contribution in [-0.2, 0) is 13.0 Å². The third kappa shape index (κ3) is 2.88. The maximum absolute atomic E-state index is 5.63. The quantitative estimate of drug-likeness (QED) is 0.451. The van der Waals surface area contributed by atoms with Crippen molar-refractivity contribution in [1.29, 1.82) is 0 Å². The van der Waals surface area contributed by atoms with Crippen LogP contribution in [0.3, 0.4) is 0 Å². The Morgan fingerprint density at radius 3 is 2.30 bits per heavy atom. The lowest BCUT2D eigenvalue weighted by atomic mass is 9.88. The van der Waals surface area contributed by atoms with E-state index < -0.39 is 0 Å². The molecule has 2 heterocycles. The van der Waals surface area contributed by atoms with Crippen molar-refractivity contribution in [2.75, 3.05) is 21.3 Å². The van der Waals surface area contributed by atoms with Crippen molar-refractivity contribution < 1.29 is 18.8 Å². The van der Waals surface area contributed by atoms with Crippen LogP contribution in [0.25, 0.3) is 33.2 Å². The number of aromatic nitrogens is 1. The van der Waals surface area contributed by atoms with Crippen molar-refractivity contribution in [3.63, 3.8) is 0 Å². The summed E-state index contributed by atoms with van der Waals surface area (Å²) >= 11 is 0. The summed E-state index contributed by atoms with van der Waals surface area (Å²) in [7, 11) is 5.08. The molecular formula is C26H24NO3+. The number of pyridine rings is 1. The summed E-state index contributed by atoms with van der Waals surface area (Å²) < 4.78 is 19.0. The van der Waals surface area contributed by atoms with Gasteiger partial charge in [0.05, 0.1) is 37.8 Å². The Morgan fingerprint density at radius 1 is 0.800 bits per heavy atom. The predicted octanol–water partition coefficient (Wildman–Crippen LogP) is 5.04. The zero-order chi connectivity index (χ0) is 20.7. The van der Waals surface area contributed by atoms with Gasteiger partial charge in [0.1, 0.15) is 5.75 Å². The van der Waals surface area contributed by atoms with Gasteiger partial charge < -0.3 is 14.2 Å². The Labute approximate surface area is 176 Å². The van der Waals surface area contributed by atoms with Crippen LogP contribution in [0.15, 0.2) is 66.9 Å². The number of methoxy groups -OCH3 is 3. The summed E-state index contributed by atoms with van der Waals surface area (Å²) in [5.41, 5.74) is 6.10. The summed E-state index contributed by atoms with van der Waals surface area (Å²) in [6.07, 6.45) is 3.18. The molecule has 1 aromatic heterocycles. The van der Waals surface area contributed by atoms with Crippen molar-refractivity contribution in [2.45, 2.75) is 13.0 Å². The molecule has 0 amide bonds. The second kappa shape index (κ2) is 7.38. The molecule has 1 aliphatic heterocycles. The van der Waals surface area contributed by atoms with E-state index in [0.717, 1.165) is 30.2 Å². The van der Waals surface area contributed by atoms with E-state index in [0.29, 0.717) is 0 Å². The number of ether oxygens (including phenoxy) is 3. The van der Waals surface area contributed by atoms with Gasteiger partial charge in [0, 0.05) is 11.8 Å². The molecule has 0 aliphatic carbocycles. The first kappa shape index (κ1) is 18.5. The standard InChI is InChI=1S/C26H24NO3/c1-28-20-9-10-21-19(13-20)16-27-12-11-18-14-23(29-2)24(30-3)15-22(18)26(27)25(21)17-7-5-4-6-8-17/h4-10,13-16H,11-12H2,1-3H3/q+1. The van der Waals surface area contributed by atoms with Gasteiger partial charge in [-0.1, -0.05) is 30.3 Å². The van der Waals surface area contributed by atoms with Crippen LogP contribution in [0, 0.1) is 0 Å². The van der Waals surface area contributed by atoms with Crippen LogP contribution in [-0.4, -0.2) is 21.3 Å². The van der Waals surface area contributed by atoms with E-state index in [-0.39, 0.29) is 0 Å². The molecule has 0 atom stereocenters. The highest BCUT2D eigenvalue weighted by Gasteiger charge is 2.30. The van der Waals surface area contributed by atoms with Crippen molar-refractivity contribution in [3.8, 4) is 39.6 Å². The summed E-state index contributed by atoms with van der Waals surface area (Å²) in [5, 5.41) is 2.37. The van der Waals surface area contributed by atoms with Gasteiger partial charge in [-0.3, -0.25) is 0 Å². The van der Waals surface area contributed by atoms with Gasteiger partial charge in [-0.05, 0) is 41.5 Å². The van der Waals surface area contributed by atoms with Crippen molar-refractivity contribution in [3.05, 3.63) is 72.4 Å². The third-order valence-electron chi connectivity index (χ3n) is 5.90. The maximum Gasteiger partial charge on any atom is 0.221 e. The monoisotopic (exact) mass is 398 g/mol. The summed E-state index contributed by atoms with van der Waals surface area (Å²) in [5.74, 6) is 2.39. The Bertz CT molecular complexity index is 1250. The van der Waals surface area contributed by atoms with E-state index in [2.05, 4.69) is 65.4 Å². The summed E-state index contributed by atoms with van der Waals surface area (Å²) in [6.45, 7) is 0.908. The Kier molecular flexibility index (Phi) is 4.55. The number of aryl methyl sites for hydroxylation is 2. The highest BCUT2D eigenvalue weighted by atomic mass is 16.5. The summed E-state index contributed by atoms with van der Waals surface area (Å²) in [4.78, 5) is 0. The average molecular weight is 398 g/mol. The van der Waals surface area contributed by atoms with E-state index in [4.69, 9.17) is 14.2 Å². The lowest BCUT2D eigenvalue weighted by molar-refractivity contribution is -0.685. The fraction of sp³-hybridized carbons (Fsp3) is 0.192. The van der Waals surface area contributed by atoms with Gasteiger partial charge in [-0.15, -0.1) is 0 Å². The van der Waals surface area contributed by atoms with E-state index in [1.165, 1.54) is 38.7 Å². The van der Waals surface area contributed by atoms with E-state index in [1.54, 1.807) is 21.3 Å². The third-order valence-corrected chi connectivity index (χ3v) is 5.90. The van der Waals surface area contributed by atoms with E-state index in [1.807, 2.05) is 6.07 Å². The molecule has 5 rings (SSSR count). The minimum atomic E-state index is 0.749. The summed E-state index contributed by atoms with van der Waals surface area (Å²) in [6, 6.07) is 21.1. The van der Waals surface area contributed by atoms with Gasteiger partial charge in [0.2, 0.25) is 5.69 Å². The lowest BCUT2D eigenvalue weighted by Crippen LogP contribution is -2.40. The molecule has 30 heavy (non-hydrogen) atoms. The second-order valence-electron chi connectivity index (χ2n) is 7.48. The minimum absolute atomic E-state index is 0.749. The molecule has 0 bridgehead atoms. The van der Waals surface area contributed by atoms with Gasteiger partial charge in [-0.2, -0.15) is 4.57 Å². The van der Waals surface area contributed by atoms with Crippen LogP contribution < -0.4 is 18.8 Å². The molecule has 4 heteroatoms. The number of hydrogen-bond acceptors (Lipinski definition) is 3. The van der Waals surface area contributed by atoms with Crippen molar-refractivity contribution in [1.82, 2.24) is 0 Å². The predicted molar refractivity (Wildman–Crippen MR) is 118 cm³/mol. The zero-order valence-corrected chi connectivity index (χ0v) is 17.4. The Morgan fingerprint density at radius 2 is 1.57 bits per heavy atom. The van der Waals surface area contributed by atoms with Gasteiger partial charge >= 0.3 is 0 Å². The lowest BCUT2D eigenvalue weighted by Gasteiger charge is -2.21. The van der Waals surface area contributed by atoms with E-state index in [9.17, 15) is 0 Å². The molecule has 4 aromatic rings. The second-order valence-corrected chi connectivity index (χ2v) is 7.48. The van der Waals surface area contributed by atoms with Crippen molar-refractivity contribution in [2.24, 2.45) is 0 Å². The zero-order valence-electron chi connectivity index (χ0n) is 17.4. The average Bonchev–Trinajstić information content (AvgIpc) is 2.81. The fourth-order valence-electron chi connectivity index (χ4n) is 4.46. The van der Waals surface area contributed by atoms with Crippen LogP contribution in [0.1, 0.15) is 5.56 Å². The minimum Gasteiger partial charge on any atom is -0.497 e. The number of hydrogen-bond donors (Lipinski definition) is 0. The largest absolute Gasteiger partial charge is 0.497 e. The van der Waals surface area contributed by atoms with Crippen LogP contribution in [0.2, 0.25) is 0 Å². The molecule has 0 N–H and O–H groups in total. The Hall–Kier alpha value is -3.53. The smallest absolute Gasteiger partial charge is 0.221 e. The van der Waals surface area contributed by atoms with Crippen LogP contribution in [0.5, 0.6) is 17.2 Å². The molecule has 0 saturated carbocycles. The molecular weight excluding hydrogens is 374 g/mol. The molecule has 0 unspecified atom stereocenters. The van der Waals surface area contributed by atoms with Crippen LogP contribution >= 0.6 is 0 Å². The highest BCUT2D eigenvalue weighted by Crippen LogP contribution is 2.43. The molecule has 0 fully saturated rings. The first-order valence-corrected chi connectivity index (χ1v) is 10.1. The molecule has 150 valence electrons. The Balaban J connectivity index is 1.88. The van der Waals surface area contributed by atoms with Gasteiger partial charge in [0.15, 0.2) is 24.2 Å². The number of fused-ring (bicyclic) bond motifs is 4. The maximum atomic E-state index is 5.63. The molecule has 0 spiro atoms. The topological polar surface area (TPSA) is 31.6 Å².